The number of nitrogens with one attached hydrogen (secondary N) is 1. The topological polar surface area (TPSA) is 64.3 Å². The van der Waals surface area contributed by atoms with Crippen LogP contribution in [0, 0.1) is 5.92 Å². The minimum atomic E-state index is -5.16. The summed E-state index contributed by atoms with van der Waals surface area (Å²) in [6, 6.07) is 0.278. The quantitative estimate of drug-likeness (QED) is 0.451. The SMILES string of the molecule is NC(c1c(OC(=O)C(F)(F)F)cc(Cl)c(Cl)c1Cl)C1CCNCC1. The number of ether oxygens (including phenoxy) is 1. The lowest BCUT2D eigenvalue weighted by Crippen LogP contribution is -2.34. The molecule has 1 fully saturated rings. The van der Waals surface area contributed by atoms with Crippen molar-refractivity contribution in [3.63, 3.8) is 0 Å². The van der Waals surface area contributed by atoms with Gasteiger partial charge in [-0.05, 0) is 31.8 Å². The standard InChI is InChI=1S/C14H14Cl3F3N2O2/c15-7-5-8(24-13(23)14(18,19)20)9(11(17)10(7)16)12(21)6-1-3-22-4-2-6/h5-6,12,22H,1-4,21H2. The second-order valence-electron chi connectivity index (χ2n) is 5.40. The lowest BCUT2D eigenvalue weighted by Gasteiger charge is -2.30. The highest BCUT2D eigenvalue weighted by Gasteiger charge is 2.42. The van der Waals surface area contributed by atoms with E-state index < -0.39 is 23.9 Å². The van der Waals surface area contributed by atoms with E-state index in [1.807, 2.05) is 0 Å². The fourth-order valence-electron chi connectivity index (χ4n) is 2.58. The molecule has 1 aromatic rings. The number of piperidine rings is 1. The molecule has 2 rings (SSSR count). The summed E-state index contributed by atoms with van der Waals surface area (Å²) in [5.41, 5.74) is 6.24. The Bertz CT molecular complexity index is 635. The van der Waals surface area contributed by atoms with E-state index in [4.69, 9.17) is 40.5 Å². The molecular formula is C14H14Cl3F3N2O2. The van der Waals surface area contributed by atoms with Gasteiger partial charge >= 0.3 is 12.1 Å². The van der Waals surface area contributed by atoms with Gasteiger partial charge in [0, 0.05) is 17.7 Å². The molecule has 1 heterocycles. The highest BCUT2D eigenvalue weighted by molar-refractivity contribution is 6.48. The van der Waals surface area contributed by atoms with Crippen LogP contribution in [0.2, 0.25) is 15.1 Å². The Balaban J connectivity index is 2.43. The number of nitrogens with two attached hydrogens (primary N) is 1. The zero-order chi connectivity index (χ0) is 18.1. The summed E-state index contributed by atoms with van der Waals surface area (Å²) in [4.78, 5) is 11.2. The van der Waals surface area contributed by atoms with Gasteiger partial charge in [0.2, 0.25) is 0 Å². The Morgan fingerprint density at radius 1 is 1.25 bits per heavy atom. The molecule has 0 saturated carbocycles. The van der Waals surface area contributed by atoms with E-state index in [1.165, 1.54) is 0 Å². The molecule has 1 atom stereocenters. The number of rotatable bonds is 3. The van der Waals surface area contributed by atoms with Crippen molar-refractivity contribution in [2.45, 2.75) is 25.1 Å². The first-order valence-corrected chi connectivity index (χ1v) is 8.19. The molecule has 3 N–H and O–H groups in total. The third-order valence-corrected chi connectivity index (χ3v) is 5.10. The van der Waals surface area contributed by atoms with E-state index in [0.717, 1.165) is 19.2 Å². The summed E-state index contributed by atoms with van der Waals surface area (Å²) in [5.74, 6) is -2.86. The van der Waals surface area contributed by atoms with Crippen LogP contribution in [0.15, 0.2) is 6.07 Å². The second-order valence-corrected chi connectivity index (χ2v) is 6.56. The molecule has 10 heteroatoms. The Morgan fingerprint density at radius 3 is 2.38 bits per heavy atom. The molecule has 0 bridgehead atoms. The molecule has 0 spiro atoms. The summed E-state index contributed by atoms with van der Waals surface area (Å²) in [6.45, 7) is 1.43. The average molecular weight is 406 g/mol. The van der Waals surface area contributed by atoms with Gasteiger partial charge in [-0.25, -0.2) is 4.79 Å². The zero-order valence-corrected chi connectivity index (χ0v) is 14.5. The van der Waals surface area contributed by atoms with Gasteiger partial charge in [0.05, 0.1) is 15.1 Å². The predicted octanol–water partition coefficient (Wildman–Crippen LogP) is 4.11. The molecule has 1 unspecified atom stereocenters. The van der Waals surface area contributed by atoms with Crippen molar-refractivity contribution < 1.29 is 22.7 Å². The highest BCUT2D eigenvalue weighted by atomic mass is 35.5. The van der Waals surface area contributed by atoms with Crippen molar-refractivity contribution in [1.29, 1.82) is 0 Å². The summed E-state index contributed by atoms with van der Waals surface area (Å²) in [5, 5.41) is 2.86. The van der Waals surface area contributed by atoms with Gasteiger partial charge in [-0.15, -0.1) is 0 Å². The molecule has 0 aliphatic carbocycles. The van der Waals surface area contributed by atoms with Gasteiger partial charge in [0.15, 0.2) is 0 Å². The van der Waals surface area contributed by atoms with Crippen LogP contribution in [0.25, 0.3) is 0 Å². The minimum Gasteiger partial charge on any atom is -0.419 e. The van der Waals surface area contributed by atoms with E-state index in [2.05, 4.69) is 10.1 Å². The number of alkyl halides is 3. The lowest BCUT2D eigenvalue weighted by atomic mass is 9.86. The van der Waals surface area contributed by atoms with E-state index in [1.54, 1.807) is 0 Å². The van der Waals surface area contributed by atoms with Gasteiger partial charge in [-0.1, -0.05) is 34.8 Å². The summed E-state index contributed by atoms with van der Waals surface area (Å²) in [6.07, 6.45) is -3.76. The van der Waals surface area contributed by atoms with Crippen LogP contribution >= 0.6 is 34.8 Å². The van der Waals surface area contributed by atoms with Crippen LogP contribution in [-0.2, 0) is 4.79 Å². The number of carbonyl (C=O) groups is 1. The Hall–Kier alpha value is -0.730. The highest BCUT2D eigenvalue weighted by Crippen LogP contribution is 2.44. The number of hydrogen-bond acceptors (Lipinski definition) is 4. The molecule has 4 nitrogen and oxygen atoms in total. The molecule has 1 aliphatic rings. The van der Waals surface area contributed by atoms with Crippen molar-refractivity contribution in [3.8, 4) is 5.75 Å². The van der Waals surface area contributed by atoms with Crippen LogP contribution in [0.1, 0.15) is 24.4 Å². The molecule has 134 valence electrons. The van der Waals surface area contributed by atoms with Gasteiger partial charge in [0.1, 0.15) is 5.75 Å². The molecule has 1 aliphatic heterocycles. The van der Waals surface area contributed by atoms with Gasteiger partial charge < -0.3 is 15.8 Å². The number of hydrogen-bond donors (Lipinski definition) is 2. The van der Waals surface area contributed by atoms with E-state index in [-0.39, 0.29) is 26.5 Å². The van der Waals surface area contributed by atoms with Crippen molar-refractivity contribution in [2.75, 3.05) is 13.1 Å². The maximum absolute atomic E-state index is 12.5. The van der Waals surface area contributed by atoms with E-state index in [0.29, 0.717) is 12.8 Å². The number of halogens is 6. The number of carbonyl (C=O) groups excluding carboxylic acids is 1. The zero-order valence-electron chi connectivity index (χ0n) is 12.2. The monoisotopic (exact) mass is 404 g/mol. The molecule has 0 aromatic heterocycles. The van der Waals surface area contributed by atoms with E-state index in [9.17, 15) is 18.0 Å². The predicted molar refractivity (Wildman–Crippen MR) is 85.7 cm³/mol. The summed E-state index contributed by atoms with van der Waals surface area (Å²) in [7, 11) is 0. The first-order valence-electron chi connectivity index (χ1n) is 7.05. The number of esters is 1. The van der Waals surface area contributed by atoms with Crippen molar-refractivity contribution in [1.82, 2.24) is 5.32 Å². The first-order chi connectivity index (χ1) is 11.1. The average Bonchev–Trinajstić information content (AvgIpc) is 2.52. The van der Waals surface area contributed by atoms with Crippen LogP contribution in [-0.4, -0.2) is 25.2 Å². The first kappa shape index (κ1) is 19.6. The third kappa shape index (κ3) is 4.26. The Kier molecular flexibility index (Phi) is 6.25. The maximum atomic E-state index is 12.5. The second kappa shape index (κ2) is 7.66. The normalized spacial score (nSPS) is 17.6. The van der Waals surface area contributed by atoms with Gasteiger partial charge in [-0.2, -0.15) is 13.2 Å². The molecular weight excluding hydrogens is 392 g/mol. The largest absolute Gasteiger partial charge is 0.491 e. The smallest absolute Gasteiger partial charge is 0.419 e. The van der Waals surface area contributed by atoms with Gasteiger partial charge in [-0.3, -0.25) is 0 Å². The molecule has 1 saturated heterocycles. The fraction of sp³-hybridized carbons (Fsp3) is 0.500. The molecule has 0 amide bonds. The van der Waals surface area contributed by atoms with Crippen molar-refractivity contribution >= 4 is 40.8 Å². The molecule has 24 heavy (non-hydrogen) atoms. The summed E-state index contributed by atoms with van der Waals surface area (Å²) >= 11 is 17.9. The van der Waals surface area contributed by atoms with Crippen LogP contribution in [0.4, 0.5) is 13.2 Å². The van der Waals surface area contributed by atoms with Crippen LogP contribution in [0.3, 0.4) is 0 Å². The molecule has 1 aromatic carbocycles. The fourth-order valence-corrected chi connectivity index (χ4v) is 3.30. The Morgan fingerprint density at radius 2 is 1.83 bits per heavy atom. The molecule has 0 radical (unpaired) electrons. The number of benzene rings is 1. The van der Waals surface area contributed by atoms with E-state index >= 15 is 0 Å². The van der Waals surface area contributed by atoms with Crippen molar-refractivity contribution in [3.05, 3.63) is 26.7 Å². The van der Waals surface area contributed by atoms with Crippen LogP contribution < -0.4 is 15.8 Å². The third-order valence-electron chi connectivity index (χ3n) is 3.82. The van der Waals surface area contributed by atoms with Gasteiger partial charge in [0.25, 0.3) is 0 Å². The maximum Gasteiger partial charge on any atom is 0.491 e. The lowest BCUT2D eigenvalue weighted by molar-refractivity contribution is -0.189. The van der Waals surface area contributed by atoms with Crippen molar-refractivity contribution in [2.24, 2.45) is 11.7 Å². The minimum absolute atomic E-state index is 0.0514. The summed E-state index contributed by atoms with van der Waals surface area (Å²) < 4.78 is 41.9. The van der Waals surface area contributed by atoms with Crippen LogP contribution in [0.5, 0.6) is 5.75 Å². The Labute approximate surface area is 151 Å².